The molecule has 0 saturated heterocycles. The highest BCUT2D eigenvalue weighted by molar-refractivity contribution is 6.30. The molecule has 0 bridgehead atoms. The van der Waals surface area contributed by atoms with Gasteiger partial charge in [-0.25, -0.2) is 9.78 Å². The summed E-state index contributed by atoms with van der Waals surface area (Å²) in [6.07, 6.45) is 1.41. The van der Waals surface area contributed by atoms with E-state index in [1.807, 2.05) is 6.07 Å². The summed E-state index contributed by atoms with van der Waals surface area (Å²) >= 11 is 5.88. The molecule has 0 amide bonds. The largest absolute Gasteiger partial charge is 0.476 e. The second kappa shape index (κ2) is 4.43. The fraction of sp³-hybridized carbons (Fsp3) is 0. The van der Waals surface area contributed by atoms with Gasteiger partial charge in [-0.2, -0.15) is 0 Å². The van der Waals surface area contributed by atoms with E-state index >= 15 is 0 Å². The number of carboxylic acid groups (broad SMARTS) is 1. The molecule has 4 nitrogen and oxygen atoms in total. The molecule has 1 aromatic carbocycles. The third kappa shape index (κ3) is 2.21. The first-order chi connectivity index (χ1) is 8.09. The van der Waals surface area contributed by atoms with Gasteiger partial charge in [-0.05, 0) is 23.8 Å². The van der Waals surface area contributed by atoms with E-state index < -0.39 is 5.97 Å². The van der Waals surface area contributed by atoms with Crippen LogP contribution in [-0.2, 0) is 0 Å². The van der Waals surface area contributed by atoms with E-state index in [2.05, 4.69) is 4.98 Å². The average Bonchev–Trinajstić information content (AvgIpc) is 2.29. The summed E-state index contributed by atoms with van der Waals surface area (Å²) in [5.41, 5.74) is 7.15. The van der Waals surface area contributed by atoms with E-state index in [9.17, 15) is 4.79 Å². The number of nitrogens with two attached hydrogens (primary N) is 1. The van der Waals surface area contributed by atoms with Crippen molar-refractivity contribution in [3.05, 3.63) is 47.2 Å². The molecule has 3 N–H and O–H groups in total. The molecular formula is C12H9ClN2O2. The van der Waals surface area contributed by atoms with Crippen LogP contribution in [-0.4, -0.2) is 16.1 Å². The maximum absolute atomic E-state index is 10.9. The van der Waals surface area contributed by atoms with Gasteiger partial charge in [0.25, 0.3) is 0 Å². The minimum atomic E-state index is -1.15. The summed E-state index contributed by atoms with van der Waals surface area (Å²) in [5, 5.41) is 9.49. The monoisotopic (exact) mass is 248 g/mol. The Morgan fingerprint density at radius 2 is 2.12 bits per heavy atom. The Balaban J connectivity index is 2.60. The molecule has 0 atom stereocenters. The van der Waals surface area contributed by atoms with Gasteiger partial charge in [0.2, 0.25) is 0 Å². The van der Waals surface area contributed by atoms with Crippen LogP contribution in [0.4, 0.5) is 5.69 Å². The topological polar surface area (TPSA) is 76.2 Å². The highest BCUT2D eigenvalue weighted by atomic mass is 35.5. The van der Waals surface area contributed by atoms with Crippen LogP contribution < -0.4 is 5.73 Å². The molecule has 86 valence electrons. The minimum Gasteiger partial charge on any atom is -0.476 e. The van der Waals surface area contributed by atoms with Gasteiger partial charge >= 0.3 is 5.97 Å². The van der Waals surface area contributed by atoms with E-state index in [4.69, 9.17) is 22.4 Å². The standard InChI is InChI=1S/C12H9ClN2O2/c13-8-3-1-2-7(6-8)9-4-5-15-11(10(9)14)12(16)17/h1-6H,14H2,(H,16,17). The number of carbonyl (C=O) groups is 1. The molecule has 1 heterocycles. The van der Waals surface area contributed by atoms with Crippen molar-refractivity contribution in [1.82, 2.24) is 4.98 Å². The number of carboxylic acids is 1. The lowest BCUT2D eigenvalue weighted by Gasteiger charge is -2.07. The number of halogens is 1. The van der Waals surface area contributed by atoms with Gasteiger partial charge in [-0.1, -0.05) is 23.7 Å². The van der Waals surface area contributed by atoms with Gasteiger partial charge in [0.05, 0.1) is 5.69 Å². The Labute approximate surface area is 103 Å². The molecular weight excluding hydrogens is 240 g/mol. The summed E-state index contributed by atoms with van der Waals surface area (Å²) in [4.78, 5) is 14.6. The number of nitrogen functional groups attached to an aromatic ring is 1. The van der Waals surface area contributed by atoms with Crippen molar-refractivity contribution < 1.29 is 9.90 Å². The van der Waals surface area contributed by atoms with E-state index in [0.717, 1.165) is 5.56 Å². The lowest BCUT2D eigenvalue weighted by molar-refractivity contribution is 0.0692. The van der Waals surface area contributed by atoms with E-state index in [1.165, 1.54) is 6.20 Å². The summed E-state index contributed by atoms with van der Waals surface area (Å²) in [5.74, 6) is -1.15. The molecule has 0 saturated carbocycles. The number of benzene rings is 1. The van der Waals surface area contributed by atoms with Gasteiger partial charge in [-0.15, -0.1) is 0 Å². The van der Waals surface area contributed by atoms with Crippen LogP contribution >= 0.6 is 11.6 Å². The van der Waals surface area contributed by atoms with Crippen molar-refractivity contribution in [3.8, 4) is 11.1 Å². The third-order valence-electron chi connectivity index (χ3n) is 2.33. The predicted molar refractivity (Wildman–Crippen MR) is 66.1 cm³/mol. The highest BCUT2D eigenvalue weighted by Crippen LogP contribution is 2.29. The Morgan fingerprint density at radius 3 is 2.76 bits per heavy atom. The SMILES string of the molecule is Nc1c(-c2cccc(Cl)c2)ccnc1C(=O)O. The van der Waals surface area contributed by atoms with Crippen molar-refractivity contribution in [3.63, 3.8) is 0 Å². The van der Waals surface area contributed by atoms with E-state index in [1.54, 1.807) is 24.3 Å². The van der Waals surface area contributed by atoms with Crippen molar-refractivity contribution in [2.45, 2.75) is 0 Å². The first kappa shape index (κ1) is 11.4. The highest BCUT2D eigenvalue weighted by Gasteiger charge is 2.13. The molecule has 0 aliphatic heterocycles. The predicted octanol–water partition coefficient (Wildman–Crippen LogP) is 2.68. The molecule has 0 radical (unpaired) electrons. The Morgan fingerprint density at radius 1 is 1.35 bits per heavy atom. The third-order valence-corrected chi connectivity index (χ3v) is 2.56. The maximum Gasteiger partial charge on any atom is 0.356 e. The average molecular weight is 249 g/mol. The molecule has 0 aliphatic rings. The molecule has 0 unspecified atom stereocenters. The molecule has 2 rings (SSSR count). The van der Waals surface area contributed by atoms with E-state index in [0.29, 0.717) is 10.6 Å². The number of aromatic nitrogens is 1. The number of pyridine rings is 1. The van der Waals surface area contributed by atoms with Gasteiger partial charge in [0.1, 0.15) is 0 Å². The van der Waals surface area contributed by atoms with E-state index in [-0.39, 0.29) is 11.4 Å². The molecule has 0 aliphatic carbocycles. The lowest BCUT2D eigenvalue weighted by atomic mass is 10.0. The second-order valence-corrected chi connectivity index (χ2v) is 3.87. The number of hydrogen-bond acceptors (Lipinski definition) is 3. The van der Waals surface area contributed by atoms with Gasteiger partial charge in [0.15, 0.2) is 5.69 Å². The summed E-state index contributed by atoms with van der Waals surface area (Å²) in [6.45, 7) is 0. The normalized spacial score (nSPS) is 10.2. The van der Waals surface area contributed by atoms with Crippen LogP contribution in [0.25, 0.3) is 11.1 Å². The fourth-order valence-corrected chi connectivity index (χ4v) is 1.74. The van der Waals surface area contributed by atoms with Crippen molar-refractivity contribution in [1.29, 1.82) is 0 Å². The number of aromatic carboxylic acids is 1. The number of anilines is 1. The smallest absolute Gasteiger partial charge is 0.356 e. The maximum atomic E-state index is 10.9. The number of rotatable bonds is 2. The molecule has 0 fully saturated rings. The Bertz CT molecular complexity index is 584. The van der Waals surface area contributed by atoms with Crippen LogP contribution in [0.15, 0.2) is 36.5 Å². The number of nitrogens with zero attached hydrogens (tertiary/aromatic N) is 1. The van der Waals surface area contributed by atoms with Crippen molar-refractivity contribution in [2.75, 3.05) is 5.73 Å². The van der Waals surface area contributed by atoms with Crippen molar-refractivity contribution >= 4 is 23.3 Å². The number of hydrogen-bond donors (Lipinski definition) is 2. The molecule has 5 heteroatoms. The van der Waals surface area contributed by atoms with Gasteiger partial charge in [0, 0.05) is 16.8 Å². The quantitative estimate of drug-likeness (QED) is 0.857. The van der Waals surface area contributed by atoms with Crippen molar-refractivity contribution in [2.24, 2.45) is 0 Å². The zero-order chi connectivity index (χ0) is 12.4. The van der Waals surface area contributed by atoms with Crippen LogP contribution in [0.3, 0.4) is 0 Å². The van der Waals surface area contributed by atoms with Gasteiger partial charge < -0.3 is 10.8 Å². The van der Waals surface area contributed by atoms with Crippen LogP contribution in [0, 0.1) is 0 Å². The molecule has 0 spiro atoms. The summed E-state index contributed by atoms with van der Waals surface area (Å²) in [6, 6.07) is 8.70. The van der Waals surface area contributed by atoms with Crippen LogP contribution in [0.1, 0.15) is 10.5 Å². The summed E-state index contributed by atoms with van der Waals surface area (Å²) in [7, 11) is 0. The first-order valence-corrected chi connectivity index (χ1v) is 5.21. The molecule has 1 aromatic heterocycles. The fourth-order valence-electron chi connectivity index (χ4n) is 1.55. The first-order valence-electron chi connectivity index (χ1n) is 4.83. The van der Waals surface area contributed by atoms with Crippen LogP contribution in [0.2, 0.25) is 5.02 Å². The zero-order valence-corrected chi connectivity index (χ0v) is 9.48. The lowest BCUT2D eigenvalue weighted by Crippen LogP contribution is -2.06. The Kier molecular flexibility index (Phi) is 2.97. The minimum absolute atomic E-state index is 0.141. The second-order valence-electron chi connectivity index (χ2n) is 3.44. The van der Waals surface area contributed by atoms with Gasteiger partial charge in [-0.3, -0.25) is 0 Å². The van der Waals surface area contributed by atoms with Crippen LogP contribution in [0.5, 0.6) is 0 Å². The molecule has 2 aromatic rings. The molecule has 17 heavy (non-hydrogen) atoms. The zero-order valence-electron chi connectivity index (χ0n) is 8.72. The summed E-state index contributed by atoms with van der Waals surface area (Å²) < 4.78 is 0. The Hall–Kier alpha value is -2.07.